The third-order valence-electron chi connectivity index (χ3n) is 3.74. The Balaban J connectivity index is 1.95. The van der Waals surface area contributed by atoms with Gasteiger partial charge in [-0.2, -0.15) is 0 Å². The van der Waals surface area contributed by atoms with E-state index in [1.54, 1.807) is 55.5 Å². The van der Waals surface area contributed by atoms with Gasteiger partial charge in [-0.15, -0.1) is 0 Å². The monoisotopic (exact) mass is 339 g/mol. The summed E-state index contributed by atoms with van der Waals surface area (Å²) < 4.78 is 5.60. The Hall–Kier alpha value is -2.95. The summed E-state index contributed by atoms with van der Waals surface area (Å²) in [5, 5.41) is 2.74. The molecule has 0 spiro atoms. The molecule has 2 aromatic carbocycles. The molecule has 0 saturated carbocycles. The van der Waals surface area contributed by atoms with Gasteiger partial charge in [-0.1, -0.05) is 6.92 Å². The summed E-state index contributed by atoms with van der Waals surface area (Å²) in [7, 11) is 0. The number of amides is 1. The minimum atomic E-state index is -0.708. The molecule has 0 aliphatic heterocycles. The van der Waals surface area contributed by atoms with E-state index in [1.807, 2.05) is 6.92 Å². The van der Waals surface area contributed by atoms with E-state index in [0.717, 1.165) is 0 Å². The fourth-order valence-corrected chi connectivity index (χ4v) is 2.21. The van der Waals surface area contributed by atoms with Crippen LogP contribution >= 0.6 is 0 Å². The van der Waals surface area contributed by atoms with Gasteiger partial charge in [0.15, 0.2) is 17.7 Å². The molecule has 0 aromatic heterocycles. The van der Waals surface area contributed by atoms with Crippen LogP contribution in [0.4, 0.5) is 5.69 Å². The van der Waals surface area contributed by atoms with E-state index in [4.69, 9.17) is 4.74 Å². The van der Waals surface area contributed by atoms with Crippen molar-refractivity contribution >= 4 is 23.2 Å². The van der Waals surface area contributed by atoms with Crippen LogP contribution in [0.1, 0.15) is 47.9 Å². The summed E-state index contributed by atoms with van der Waals surface area (Å²) in [6.07, 6.45) is -0.262. The van der Waals surface area contributed by atoms with Crippen molar-refractivity contribution < 1.29 is 19.1 Å². The van der Waals surface area contributed by atoms with Crippen molar-refractivity contribution in [2.24, 2.45) is 0 Å². The van der Waals surface area contributed by atoms with Gasteiger partial charge < -0.3 is 10.1 Å². The molecule has 1 N–H and O–H groups in total. The molecule has 130 valence electrons. The van der Waals surface area contributed by atoms with Crippen molar-refractivity contribution in [2.45, 2.75) is 33.3 Å². The maximum Gasteiger partial charge on any atom is 0.265 e. The van der Waals surface area contributed by atoms with Gasteiger partial charge in [0.2, 0.25) is 0 Å². The Labute approximate surface area is 147 Å². The second-order valence-corrected chi connectivity index (χ2v) is 5.68. The molecule has 1 atom stereocenters. The summed E-state index contributed by atoms with van der Waals surface area (Å²) in [6, 6.07) is 13.4. The van der Waals surface area contributed by atoms with Gasteiger partial charge in [0.05, 0.1) is 0 Å². The lowest BCUT2D eigenvalue weighted by atomic mass is 10.1. The Morgan fingerprint density at radius 1 is 0.960 bits per heavy atom. The second-order valence-electron chi connectivity index (χ2n) is 5.68. The molecular formula is C20H21NO4. The van der Waals surface area contributed by atoms with Gasteiger partial charge in [0, 0.05) is 23.2 Å². The number of rotatable bonds is 7. The zero-order valence-electron chi connectivity index (χ0n) is 14.5. The van der Waals surface area contributed by atoms with E-state index in [0.29, 0.717) is 29.0 Å². The van der Waals surface area contributed by atoms with Crippen LogP contribution in [0.3, 0.4) is 0 Å². The SMILES string of the molecule is CCC(=O)c1ccc(O[C@@H](C)C(=O)Nc2ccc(C(C)=O)cc2)cc1. The number of ketones is 2. The van der Waals surface area contributed by atoms with Crippen molar-refractivity contribution in [2.75, 3.05) is 5.32 Å². The summed E-state index contributed by atoms with van der Waals surface area (Å²) in [5.74, 6) is 0.248. The highest BCUT2D eigenvalue weighted by atomic mass is 16.5. The minimum absolute atomic E-state index is 0.0282. The van der Waals surface area contributed by atoms with Crippen LogP contribution in [0.15, 0.2) is 48.5 Å². The molecular weight excluding hydrogens is 318 g/mol. The average molecular weight is 339 g/mol. The summed E-state index contributed by atoms with van der Waals surface area (Å²) in [5.41, 5.74) is 1.80. The number of carbonyl (C=O) groups is 3. The number of nitrogens with one attached hydrogen (secondary N) is 1. The number of carbonyl (C=O) groups excluding carboxylic acids is 3. The van der Waals surface area contributed by atoms with E-state index in [1.165, 1.54) is 6.92 Å². The average Bonchev–Trinajstić information content (AvgIpc) is 2.62. The molecule has 0 fully saturated rings. The molecule has 5 nitrogen and oxygen atoms in total. The molecule has 0 saturated heterocycles. The zero-order valence-corrected chi connectivity index (χ0v) is 14.5. The number of hydrogen-bond donors (Lipinski definition) is 1. The maximum atomic E-state index is 12.2. The third kappa shape index (κ3) is 5.01. The van der Waals surface area contributed by atoms with Crippen LogP contribution in [0.2, 0.25) is 0 Å². The van der Waals surface area contributed by atoms with Crippen LogP contribution < -0.4 is 10.1 Å². The van der Waals surface area contributed by atoms with E-state index >= 15 is 0 Å². The lowest BCUT2D eigenvalue weighted by molar-refractivity contribution is -0.122. The Kier molecular flexibility index (Phi) is 6.06. The second kappa shape index (κ2) is 8.24. The van der Waals surface area contributed by atoms with Gasteiger partial charge in [-0.25, -0.2) is 0 Å². The number of hydrogen-bond acceptors (Lipinski definition) is 4. The van der Waals surface area contributed by atoms with Crippen LogP contribution in [0.25, 0.3) is 0 Å². The van der Waals surface area contributed by atoms with Crippen LogP contribution in [-0.2, 0) is 4.79 Å². The molecule has 0 unspecified atom stereocenters. The minimum Gasteiger partial charge on any atom is -0.481 e. The highest BCUT2D eigenvalue weighted by molar-refractivity contribution is 5.97. The van der Waals surface area contributed by atoms with E-state index < -0.39 is 6.10 Å². The highest BCUT2D eigenvalue weighted by Gasteiger charge is 2.15. The highest BCUT2D eigenvalue weighted by Crippen LogP contribution is 2.16. The largest absolute Gasteiger partial charge is 0.481 e. The van der Waals surface area contributed by atoms with Gasteiger partial charge in [0.25, 0.3) is 5.91 Å². The third-order valence-corrected chi connectivity index (χ3v) is 3.74. The summed E-state index contributed by atoms with van der Waals surface area (Å²) in [4.78, 5) is 35.0. The number of ether oxygens (including phenoxy) is 1. The predicted octanol–water partition coefficient (Wildman–Crippen LogP) is 3.89. The van der Waals surface area contributed by atoms with Crippen molar-refractivity contribution in [3.8, 4) is 5.75 Å². The first-order valence-corrected chi connectivity index (χ1v) is 8.12. The summed E-state index contributed by atoms with van der Waals surface area (Å²) in [6.45, 7) is 4.94. The Bertz CT molecular complexity index is 763. The standard InChI is InChI=1S/C20H21NO4/c1-4-19(23)16-7-11-18(12-8-16)25-14(3)20(24)21-17-9-5-15(6-10-17)13(2)22/h5-12,14H,4H2,1-3H3,(H,21,24)/t14-/m0/s1. The first-order valence-electron chi connectivity index (χ1n) is 8.12. The van der Waals surface area contributed by atoms with Gasteiger partial charge in [0.1, 0.15) is 5.75 Å². The fourth-order valence-electron chi connectivity index (χ4n) is 2.21. The smallest absolute Gasteiger partial charge is 0.265 e. The quantitative estimate of drug-likeness (QED) is 0.777. The lowest BCUT2D eigenvalue weighted by Crippen LogP contribution is -2.30. The molecule has 5 heteroatoms. The molecule has 0 bridgehead atoms. The molecule has 25 heavy (non-hydrogen) atoms. The van der Waals surface area contributed by atoms with E-state index in [9.17, 15) is 14.4 Å². The zero-order chi connectivity index (χ0) is 18.4. The number of anilines is 1. The molecule has 0 aliphatic carbocycles. The normalized spacial score (nSPS) is 11.5. The summed E-state index contributed by atoms with van der Waals surface area (Å²) >= 11 is 0. The van der Waals surface area contributed by atoms with Crippen molar-refractivity contribution in [3.63, 3.8) is 0 Å². The van der Waals surface area contributed by atoms with Crippen molar-refractivity contribution in [1.29, 1.82) is 0 Å². The molecule has 0 radical (unpaired) electrons. The molecule has 0 heterocycles. The Morgan fingerprint density at radius 3 is 2.04 bits per heavy atom. The molecule has 2 rings (SSSR count). The van der Waals surface area contributed by atoms with Crippen LogP contribution in [0.5, 0.6) is 5.75 Å². The predicted molar refractivity (Wildman–Crippen MR) is 96.2 cm³/mol. The van der Waals surface area contributed by atoms with E-state index in [2.05, 4.69) is 5.32 Å². The van der Waals surface area contributed by atoms with E-state index in [-0.39, 0.29) is 17.5 Å². The van der Waals surface area contributed by atoms with Crippen molar-refractivity contribution in [1.82, 2.24) is 0 Å². The maximum absolute atomic E-state index is 12.2. The van der Waals surface area contributed by atoms with Gasteiger partial charge >= 0.3 is 0 Å². The topological polar surface area (TPSA) is 72.5 Å². The number of benzene rings is 2. The van der Waals surface area contributed by atoms with Gasteiger partial charge in [-0.05, 0) is 62.4 Å². The first kappa shape index (κ1) is 18.4. The number of Topliss-reactive ketones (excluding diaryl/α,β-unsaturated/α-hetero) is 2. The molecule has 2 aromatic rings. The van der Waals surface area contributed by atoms with Crippen molar-refractivity contribution in [3.05, 3.63) is 59.7 Å². The Morgan fingerprint density at radius 2 is 1.52 bits per heavy atom. The fraction of sp³-hybridized carbons (Fsp3) is 0.250. The lowest BCUT2D eigenvalue weighted by Gasteiger charge is -2.15. The van der Waals surface area contributed by atoms with Crippen LogP contribution in [0, 0.1) is 0 Å². The first-order chi connectivity index (χ1) is 11.9. The van der Waals surface area contributed by atoms with Gasteiger partial charge in [-0.3, -0.25) is 14.4 Å². The van der Waals surface area contributed by atoms with Crippen LogP contribution in [-0.4, -0.2) is 23.6 Å². The molecule has 0 aliphatic rings. The molecule has 1 amide bonds.